The van der Waals surface area contributed by atoms with Crippen LogP contribution in [0.25, 0.3) is 0 Å². The van der Waals surface area contributed by atoms with Crippen LogP contribution in [0.2, 0.25) is 0 Å². The number of para-hydroxylation sites is 1. The molecule has 0 unspecified atom stereocenters. The van der Waals surface area contributed by atoms with Crippen molar-refractivity contribution in [3.05, 3.63) is 60.2 Å². The number of pyridine rings is 1. The maximum atomic E-state index is 12.5. The number of nitrogens with zero attached hydrogens (tertiary/aromatic N) is 1. The lowest BCUT2D eigenvalue weighted by molar-refractivity contribution is 0.102. The highest BCUT2D eigenvalue weighted by Gasteiger charge is 2.05. The van der Waals surface area contributed by atoms with Gasteiger partial charge in [0.05, 0.1) is 5.56 Å². The number of hydrogen-bond donors (Lipinski definition) is 1. The van der Waals surface area contributed by atoms with Gasteiger partial charge >= 0.3 is 0 Å². The Labute approximate surface area is 92.0 Å². The van der Waals surface area contributed by atoms with Crippen molar-refractivity contribution in [3.8, 4) is 0 Å². The van der Waals surface area contributed by atoms with E-state index in [-0.39, 0.29) is 5.91 Å². The molecule has 1 N–H and O–H groups in total. The predicted molar refractivity (Wildman–Crippen MR) is 58.6 cm³/mol. The van der Waals surface area contributed by atoms with Crippen LogP contribution in [0.5, 0.6) is 0 Å². The van der Waals surface area contributed by atoms with Gasteiger partial charge in [0, 0.05) is 11.9 Å². The summed E-state index contributed by atoms with van der Waals surface area (Å²) >= 11 is 0. The van der Waals surface area contributed by atoms with Crippen molar-refractivity contribution < 1.29 is 9.18 Å². The summed E-state index contributed by atoms with van der Waals surface area (Å²) in [5.41, 5.74) is 1.02. The summed E-state index contributed by atoms with van der Waals surface area (Å²) in [7, 11) is 0. The quantitative estimate of drug-likeness (QED) is 0.783. The second kappa shape index (κ2) is 4.53. The van der Waals surface area contributed by atoms with Crippen LogP contribution in [-0.2, 0) is 0 Å². The van der Waals surface area contributed by atoms with E-state index in [2.05, 4.69) is 10.3 Å². The minimum atomic E-state index is -0.601. The Morgan fingerprint density at radius 2 is 1.88 bits per heavy atom. The van der Waals surface area contributed by atoms with Crippen LogP contribution in [0.15, 0.2) is 48.7 Å². The summed E-state index contributed by atoms with van der Waals surface area (Å²) in [5.74, 6) is -0.907. The molecule has 0 saturated carbocycles. The Kier molecular flexibility index (Phi) is 2.91. The SMILES string of the molecule is O=C(Nc1ccccc1)c1ccc(F)nc1. The first-order valence-electron chi connectivity index (χ1n) is 4.73. The number of rotatable bonds is 2. The number of benzene rings is 1. The van der Waals surface area contributed by atoms with Gasteiger partial charge in [-0.3, -0.25) is 4.79 Å². The van der Waals surface area contributed by atoms with E-state index < -0.39 is 5.95 Å². The first-order chi connectivity index (χ1) is 7.75. The molecule has 3 nitrogen and oxygen atoms in total. The van der Waals surface area contributed by atoms with Crippen molar-refractivity contribution in [2.45, 2.75) is 0 Å². The van der Waals surface area contributed by atoms with Crippen molar-refractivity contribution in [2.75, 3.05) is 5.32 Å². The number of aromatic nitrogens is 1. The zero-order chi connectivity index (χ0) is 11.4. The largest absolute Gasteiger partial charge is 0.322 e. The molecule has 0 saturated heterocycles. The molecule has 0 atom stereocenters. The molecule has 1 aromatic heterocycles. The second-order valence-electron chi connectivity index (χ2n) is 3.19. The number of anilines is 1. The Balaban J connectivity index is 2.12. The predicted octanol–water partition coefficient (Wildman–Crippen LogP) is 2.47. The zero-order valence-corrected chi connectivity index (χ0v) is 8.35. The van der Waals surface area contributed by atoms with E-state index >= 15 is 0 Å². The summed E-state index contributed by atoms with van der Waals surface area (Å²) < 4.78 is 12.5. The molecule has 0 aliphatic rings. The number of halogens is 1. The smallest absolute Gasteiger partial charge is 0.257 e. The molecule has 0 bridgehead atoms. The van der Waals surface area contributed by atoms with E-state index in [1.165, 1.54) is 12.3 Å². The van der Waals surface area contributed by atoms with Crippen LogP contribution in [0.3, 0.4) is 0 Å². The number of amides is 1. The highest BCUT2D eigenvalue weighted by molar-refractivity contribution is 6.03. The molecular formula is C12H9FN2O. The highest BCUT2D eigenvalue weighted by atomic mass is 19.1. The van der Waals surface area contributed by atoms with Crippen LogP contribution < -0.4 is 5.32 Å². The summed E-state index contributed by atoms with van der Waals surface area (Å²) in [6.07, 6.45) is 1.20. The summed E-state index contributed by atoms with van der Waals surface area (Å²) in [4.78, 5) is 15.1. The third kappa shape index (κ3) is 2.42. The molecular weight excluding hydrogens is 207 g/mol. The number of carbonyl (C=O) groups excluding carboxylic acids is 1. The fourth-order valence-electron chi connectivity index (χ4n) is 1.23. The topological polar surface area (TPSA) is 42.0 Å². The maximum Gasteiger partial charge on any atom is 0.257 e. The van der Waals surface area contributed by atoms with E-state index in [0.717, 1.165) is 6.07 Å². The van der Waals surface area contributed by atoms with E-state index in [1.807, 2.05) is 18.2 Å². The Morgan fingerprint density at radius 3 is 2.50 bits per heavy atom. The minimum Gasteiger partial charge on any atom is -0.322 e. The van der Waals surface area contributed by atoms with Gasteiger partial charge in [-0.25, -0.2) is 4.98 Å². The lowest BCUT2D eigenvalue weighted by Gasteiger charge is -2.03. The number of nitrogens with one attached hydrogen (secondary N) is 1. The lowest BCUT2D eigenvalue weighted by Crippen LogP contribution is -2.12. The molecule has 1 heterocycles. The first kappa shape index (κ1) is 10.3. The van der Waals surface area contributed by atoms with Crippen molar-refractivity contribution in [2.24, 2.45) is 0 Å². The molecule has 2 rings (SSSR count). The van der Waals surface area contributed by atoms with Gasteiger partial charge in [0.1, 0.15) is 0 Å². The fourth-order valence-corrected chi connectivity index (χ4v) is 1.23. The van der Waals surface area contributed by atoms with Crippen LogP contribution in [0.1, 0.15) is 10.4 Å². The van der Waals surface area contributed by atoms with Gasteiger partial charge in [0.15, 0.2) is 0 Å². The van der Waals surface area contributed by atoms with Gasteiger partial charge in [-0.1, -0.05) is 18.2 Å². The molecule has 0 aliphatic heterocycles. The monoisotopic (exact) mass is 216 g/mol. The van der Waals surface area contributed by atoms with Crippen LogP contribution in [0, 0.1) is 5.95 Å². The van der Waals surface area contributed by atoms with Crippen molar-refractivity contribution in [1.29, 1.82) is 0 Å². The molecule has 1 aromatic carbocycles. The summed E-state index contributed by atoms with van der Waals surface area (Å²) in [5, 5.41) is 2.68. The van der Waals surface area contributed by atoms with E-state index in [4.69, 9.17) is 0 Å². The molecule has 0 radical (unpaired) electrons. The normalized spacial score (nSPS) is 9.81. The summed E-state index contributed by atoms with van der Waals surface area (Å²) in [6, 6.07) is 11.6. The molecule has 0 spiro atoms. The summed E-state index contributed by atoms with van der Waals surface area (Å²) in [6.45, 7) is 0. The third-order valence-corrected chi connectivity index (χ3v) is 2.02. The van der Waals surface area contributed by atoms with Gasteiger partial charge in [0.2, 0.25) is 5.95 Å². The third-order valence-electron chi connectivity index (χ3n) is 2.02. The van der Waals surface area contributed by atoms with Crippen LogP contribution >= 0.6 is 0 Å². The Hall–Kier alpha value is -2.23. The number of hydrogen-bond acceptors (Lipinski definition) is 2. The van der Waals surface area contributed by atoms with E-state index in [9.17, 15) is 9.18 Å². The van der Waals surface area contributed by atoms with Gasteiger partial charge in [-0.05, 0) is 24.3 Å². The van der Waals surface area contributed by atoms with Crippen molar-refractivity contribution in [3.63, 3.8) is 0 Å². The average molecular weight is 216 g/mol. The maximum absolute atomic E-state index is 12.5. The number of carbonyl (C=O) groups is 1. The molecule has 80 valence electrons. The van der Waals surface area contributed by atoms with Gasteiger partial charge in [-0.15, -0.1) is 0 Å². The highest BCUT2D eigenvalue weighted by Crippen LogP contribution is 2.08. The average Bonchev–Trinajstić information content (AvgIpc) is 2.31. The molecule has 0 fully saturated rings. The standard InChI is InChI=1S/C12H9FN2O/c13-11-7-6-9(8-14-11)12(16)15-10-4-2-1-3-5-10/h1-8H,(H,15,16). The molecule has 4 heteroatoms. The van der Waals surface area contributed by atoms with Crippen molar-refractivity contribution >= 4 is 11.6 Å². The van der Waals surface area contributed by atoms with Gasteiger partial charge in [0.25, 0.3) is 5.91 Å². The Morgan fingerprint density at radius 1 is 1.12 bits per heavy atom. The molecule has 1 amide bonds. The lowest BCUT2D eigenvalue weighted by atomic mass is 10.2. The van der Waals surface area contributed by atoms with E-state index in [0.29, 0.717) is 11.3 Å². The fraction of sp³-hybridized carbons (Fsp3) is 0. The van der Waals surface area contributed by atoms with Crippen LogP contribution in [-0.4, -0.2) is 10.9 Å². The Bertz CT molecular complexity index is 482. The zero-order valence-electron chi connectivity index (χ0n) is 8.35. The van der Waals surface area contributed by atoms with Crippen LogP contribution in [0.4, 0.5) is 10.1 Å². The van der Waals surface area contributed by atoms with Gasteiger partial charge < -0.3 is 5.32 Å². The molecule has 0 aliphatic carbocycles. The minimum absolute atomic E-state index is 0.307. The first-order valence-corrected chi connectivity index (χ1v) is 4.73. The van der Waals surface area contributed by atoms with E-state index in [1.54, 1.807) is 12.1 Å². The second-order valence-corrected chi connectivity index (χ2v) is 3.19. The van der Waals surface area contributed by atoms with Gasteiger partial charge in [-0.2, -0.15) is 4.39 Å². The molecule has 2 aromatic rings. The molecule has 16 heavy (non-hydrogen) atoms. The van der Waals surface area contributed by atoms with Crippen molar-refractivity contribution in [1.82, 2.24) is 4.98 Å².